The summed E-state index contributed by atoms with van der Waals surface area (Å²) in [6.07, 6.45) is 2.87. The largest absolute Gasteiger partial charge is 0.389 e. The van der Waals surface area contributed by atoms with E-state index in [2.05, 4.69) is 6.92 Å². The smallest absolute Gasteiger partial charge is 0.244 e. The van der Waals surface area contributed by atoms with Crippen LogP contribution in [0.2, 0.25) is 5.02 Å². The number of thiocarbonyl (C=S) groups is 1. The molecule has 21 heavy (non-hydrogen) atoms. The number of sulfonamides is 1. The molecule has 0 atom stereocenters. The molecule has 4 nitrogen and oxygen atoms in total. The zero-order chi connectivity index (χ0) is 15.6. The van der Waals surface area contributed by atoms with Gasteiger partial charge in [0.25, 0.3) is 0 Å². The zero-order valence-corrected chi connectivity index (χ0v) is 14.3. The van der Waals surface area contributed by atoms with E-state index in [1.54, 1.807) is 6.07 Å². The average molecular weight is 347 g/mol. The molecule has 0 aromatic heterocycles. The van der Waals surface area contributed by atoms with Crippen LogP contribution < -0.4 is 5.73 Å². The molecule has 1 saturated heterocycles. The first-order valence-corrected chi connectivity index (χ1v) is 9.18. The summed E-state index contributed by atoms with van der Waals surface area (Å²) in [6.45, 7) is 3.21. The van der Waals surface area contributed by atoms with Crippen molar-refractivity contribution < 1.29 is 8.42 Å². The van der Waals surface area contributed by atoms with Gasteiger partial charge in [-0.1, -0.05) is 43.2 Å². The lowest BCUT2D eigenvalue weighted by Gasteiger charge is -2.31. The van der Waals surface area contributed by atoms with Crippen LogP contribution in [0, 0.1) is 5.92 Å². The normalized spacial score (nSPS) is 17.8. The molecule has 1 fully saturated rings. The number of halogens is 1. The molecule has 2 rings (SSSR count). The van der Waals surface area contributed by atoms with Crippen LogP contribution in [0.15, 0.2) is 23.1 Å². The Morgan fingerprint density at radius 1 is 1.43 bits per heavy atom. The molecule has 0 saturated carbocycles. The van der Waals surface area contributed by atoms with Crippen molar-refractivity contribution in [3.05, 3.63) is 28.8 Å². The topological polar surface area (TPSA) is 63.4 Å². The molecule has 0 bridgehead atoms. The maximum Gasteiger partial charge on any atom is 0.244 e. The number of nitrogens with two attached hydrogens (primary N) is 1. The summed E-state index contributed by atoms with van der Waals surface area (Å²) in [5, 5.41) is 0.201. The van der Waals surface area contributed by atoms with Crippen molar-refractivity contribution in [2.75, 3.05) is 13.1 Å². The average Bonchev–Trinajstić information content (AvgIpc) is 2.47. The van der Waals surface area contributed by atoms with Crippen molar-refractivity contribution in [1.82, 2.24) is 4.31 Å². The Kier molecular flexibility index (Phi) is 5.24. The molecule has 1 aliphatic rings. The van der Waals surface area contributed by atoms with Crippen LogP contribution in [0.1, 0.15) is 31.7 Å². The van der Waals surface area contributed by atoms with E-state index in [1.165, 1.54) is 16.4 Å². The molecule has 1 heterocycles. The van der Waals surface area contributed by atoms with E-state index in [-0.39, 0.29) is 14.9 Å². The molecule has 0 aliphatic carbocycles. The van der Waals surface area contributed by atoms with Crippen molar-refractivity contribution in [2.45, 2.75) is 31.1 Å². The second kappa shape index (κ2) is 6.60. The fourth-order valence-corrected chi connectivity index (χ4v) is 4.65. The summed E-state index contributed by atoms with van der Waals surface area (Å²) in [5.41, 5.74) is 6.08. The van der Waals surface area contributed by atoms with Gasteiger partial charge in [0.2, 0.25) is 10.0 Å². The van der Waals surface area contributed by atoms with E-state index in [1.807, 2.05) is 0 Å². The predicted molar refractivity (Wildman–Crippen MR) is 89.1 cm³/mol. The van der Waals surface area contributed by atoms with E-state index in [0.29, 0.717) is 24.6 Å². The van der Waals surface area contributed by atoms with Gasteiger partial charge in [0.05, 0.1) is 5.02 Å². The Morgan fingerprint density at radius 2 is 2.05 bits per heavy atom. The summed E-state index contributed by atoms with van der Waals surface area (Å²) in [7, 11) is -3.59. The lowest BCUT2D eigenvalue weighted by molar-refractivity contribution is 0.269. The molecule has 0 amide bonds. The second-order valence-electron chi connectivity index (χ2n) is 5.27. The Morgan fingerprint density at radius 3 is 2.57 bits per heavy atom. The van der Waals surface area contributed by atoms with Gasteiger partial charge in [0.15, 0.2) is 0 Å². The van der Waals surface area contributed by atoms with E-state index < -0.39 is 10.0 Å². The quantitative estimate of drug-likeness (QED) is 0.851. The third-order valence-electron chi connectivity index (χ3n) is 3.98. The van der Waals surface area contributed by atoms with E-state index in [4.69, 9.17) is 29.6 Å². The fraction of sp³-hybridized carbons (Fsp3) is 0.500. The third-order valence-corrected chi connectivity index (χ3v) is 6.60. The van der Waals surface area contributed by atoms with Crippen LogP contribution in [-0.2, 0) is 10.0 Å². The first kappa shape index (κ1) is 16.7. The van der Waals surface area contributed by atoms with Crippen molar-refractivity contribution >= 4 is 38.8 Å². The lowest BCUT2D eigenvalue weighted by atomic mass is 9.96. The summed E-state index contributed by atoms with van der Waals surface area (Å²) in [4.78, 5) is 0.247. The summed E-state index contributed by atoms with van der Waals surface area (Å²) in [6, 6.07) is 4.63. The van der Waals surface area contributed by atoms with E-state index in [0.717, 1.165) is 19.3 Å². The Balaban J connectivity index is 2.32. The van der Waals surface area contributed by atoms with Gasteiger partial charge in [-0.2, -0.15) is 4.31 Å². The van der Waals surface area contributed by atoms with Crippen molar-refractivity contribution in [1.29, 1.82) is 0 Å². The Bertz CT molecular complexity index is 638. The fourth-order valence-electron chi connectivity index (χ4n) is 2.55. The SMILES string of the molecule is CCC1CCN(S(=O)(=O)c2cc(C(N)=S)ccc2Cl)CC1. The molecular weight excluding hydrogens is 328 g/mol. The number of benzene rings is 1. The maximum atomic E-state index is 12.7. The maximum absolute atomic E-state index is 12.7. The molecular formula is C14H19ClN2O2S2. The minimum atomic E-state index is -3.59. The standard InChI is InChI=1S/C14H19ClN2O2S2/c1-2-10-5-7-17(8-6-10)21(18,19)13-9-11(14(16)20)3-4-12(13)15/h3-4,9-10H,2,5-8H2,1H3,(H2,16,20). The Hall–Kier alpha value is -0.690. The van der Waals surface area contributed by atoms with Crippen LogP contribution in [0.3, 0.4) is 0 Å². The van der Waals surface area contributed by atoms with Crippen molar-refractivity contribution in [2.24, 2.45) is 11.7 Å². The minimum absolute atomic E-state index is 0.0874. The highest BCUT2D eigenvalue weighted by Crippen LogP contribution is 2.29. The monoisotopic (exact) mass is 346 g/mol. The Labute approximate surface area is 136 Å². The van der Waals surface area contributed by atoms with Crippen LogP contribution in [0.4, 0.5) is 0 Å². The molecule has 1 aromatic carbocycles. The molecule has 1 aromatic rings. The first-order chi connectivity index (χ1) is 9.86. The van der Waals surface area contributed by atoms with Crippen molar-refractivity contribution in [3.8, 4) is 0 Å². The highest BCUT2D eigenvalue weighted by atomic mass is 35.5. The zero-order valence-electron chi connectivity index (χ0n) is 11.9. The van der Waals surface area contributed by atoms with Crippen LogP contribution >= 0.6 is 23.8 Å². The summed E-state index contributed by atoms with van der Waals surface area (Å²) >= 11 is 11.0. The van der Waals surface area contributed by atoms with Crippen LogP contribution in [0.5, 0.6) is 0 Å². The number of hydrogen-bond donors (Lipinski definition) is 1. The van der Waals surface area contributed by atoms with Gasteiger partial charge in [-0.15, -0.1) is 0 Å². The van der Waals surface area contributed by atoms with Crippen LogP contribution in [-0.4, -0.2) is 30.8 Å². The molecule has 2 N–H and O–H groups in total. The molecule has 0 radical (unpaired) electrons. The second-order valence-corrected chi connectivity index (χ2v) is 8.02. The summed E-state index contributed by atoms with van der Waals surface area (Å²) < 4.78 is 27.0. The van der Waals surface area contributed by atoms with E-state index >= 15 is 0 Å². The molecule has 7 heteroatoms. The number of nitrogens with zero attached hydrogens (tertiary/aromatic N) is 1. The van der Waals surface area contributed by atoms with Gasteiger partial charge in [0.1, 0.15) is 9.88 Å². The lowest BCUT2D eigenvalue weighted by Crippen LogP contribution is -2.38. The highest BCUT2D eigenvalue weighted by molar-refractivity contribution is 7.89. The van der Waals surface area contributed by atoms with Crippen molar-refractivity contribution in [3.63, 3.8) is 0 Å². The number of hydrogen-bond acceptors (Lipinski definition) is 3. The number of rotatable bonds is 4. The van der Waals surface area contributed by atoms with Gasteiger partial charge < -0.3 is 5.73 Å². The first-order valence-electron chi connectivity index (χ1n) is 6.95. The minimum Gasteiger partial charge on any atom is -0.389 e. The molecule has 1 aliphatic heterocycles. The third kappa shape index (κ3) is 3.56. The van der Waals surface area contributed by atoms with Gasteiger partial charge >= 0.3 is 0 Å². The highest BCUT2D eigenvalue weighted by Gasteiger charge is 2.30. The van der Waals surface area contributed by atoms with E-state index in [9.17, 15) is 8.42 Å². The predicted octanol–water partition coefficient (Wildman–Crippen LogP) is 2.78. The van der Waals surface area contributed by atoms with Gasteiger partial charge in [-0.25, -0.2) is 8.42 Å². The summed E-state index contributed by atoms with van der Waals surface area (Å²) in [5.74, 6) is 0.606. The van der Waals surface area contributed by atoms with Gasteiger partial charge in [-0.05, 0) is 30.9 Å². The molecule has 0 spiro atoms. The van der Waals surface area contributed by atoms with Gasteiger partial charge in [0, 0.05) is 18.7 Å². The number of piperidine rings is 1. The van der Waals surface area contributed by atoms with Gasteiger partial charge in [-0.3, -0.25) is 0 Å². The van der Waals surface area contributed by atoms with Crippen LogP contribution in [0.25, 0.3) is 0 Å². The molecule has 0 unspecified atom stereocenters. The molecule has 116 valence electrons.